The van der Waals surface area contributed by atoms with E-state index < -0.39 is 0 Å². The molecule has 1 N–H and O–H groups in total. The minimum atomic E-state index is 0.104. The molecule has 0 fully saturated rings. The molecule has 0 saturated carbocycles. The summed E-state index contributed by atoms with van der Waals surface area (Å²) >= 11 is 0. The highest BCUT2D eigenvalue weighted by Crippen LogP contribution is 2.33. The Morgan fingerprint density at radius 1 is 1.32 bits per heavy atom. The minimum Gasteiger partial charge on any atom is -0.304 e. The Morgan fingerprint density at radius 2 is 2.00 bits per heavy atom. The Hall–Kier alpha value is -0.860. The van der Waals surface area contributed by atoms with Gasteiger partial charge in [0.1, 0.15) is 0 Å². The summed E-state index contributed by atoms with van der Waals surface area (Å²) in [6.45, 7) is 7.95. The quantitative estimate of drug-likeness (QED) is 0.548. The molecule has 1 aromatic rings. The van der Waals surface area contributed by atoms with Crippen molar-refractivity contribution < 1.29 is 0 Å². The second kappa shape index (κ2) is 7.61. The van der Waals surface area contributed by atoms with Crippen molar-refractivity contribution in [2.75, 3.05) is 6.26 Å². The zero-order chi connectivity index (χ0) is 16.2. The van der Waals surface area contributed by atoms with Gasteiger partial charge in [0.25, 0.3) is 0 Å². The molecule has 0 saturated heterocycles. The van der Waals surface area contributed by atoms with Gasteiger partial charge in [0.05, 0.1) is 0 Å². The Kier molecular flexibility index (Phi) is 6.05. The molecule has 122 valence electrons. The second-order valence-electron chi connectivity index (χ2n) is 7.12. The van der Waals surface area contributed by atoms with Gasteiger partial charge in [-0.3, -0.25) is 0 Å². The van der Waals surface area contributed by atoms with Crippen LogP contribution in [0.25, 0.3) is 0 Å². The third-order valence-corrected chi connectivity index (χ3v) is 5.58. The zero-order valence-corrected chi connectivity index (χ0v) is 15.4. The highest BCUT2D eigenvalue weighted by atomic mass is 32.2. The summed E-state index contributed by atoms with van der Waals surface area (Å²) in [5.74, 6) is 4.88. The molecular formula is C20H31NS. The Bertz CT molecular complexity index is 543. The Morgan fingerprint density at radius 3 is 2.59 bits per heavy atom. The third-order valence-electron chi connectivity index (χ3n) is 4.50. The lowest BCUT2D eigenvalue weighted by Gasteiger charge is -2.36. The van der Waals surface area contributed by atoms with Gasteiger partial charge in [0.15, 0.2) is 0 Å². The van der Waals surface area contributed by atoms with E-state index in [-0.39, 0.29) is 16.0 Å². The van der Waals surface area contributed by atoms with Crippen LogP contribution in [-0.4, -0.2) is 17.7 Å². The van der Waals surface area contributed by atoms with Crippen LogP contribution in [0.1, 0.15) is 52.0 Å². The van der Waals surface area contributed by atoms with E-state index in [1.54, 1.807) is 5.57 Å². The first kappa shape index (κ1) is 17.5. The number of hydrogen-bond acceptors (Lipinski definition) is 1. The van der Waals surface area contributed by atoms with E-state index in [1.807, 2.05) is 0 Å². The van der Waals surface area contributed by atoms with Gasteiger partial charge in [-0.1, -0.05) is 49.9 Å². The van der Waals surface area contributed by atoms with E-state index in [1.165, 1.54) is 36.1 Å². The van der Waals surface area contributed by atoms with Crippen molar-refractivity contribution in [2.24, 2.45) is 5.92 Å². The fourth-order valence-corrected chi connectivity index (χ4v) is 4.17. The molecule has 0 aliphatic heterocycles. The predicted molar refractivity (Wildman–Crippen MR) is 102 cm³/mol. The average Bonchev–Trinajstić information content (AvgIpc) is 2.45. The van der Waals surface area contributed by atoms with Gasteiger partial charge in [-0.25, -0.2) is 0 Å². The van der Waals surface area contributed by atoms with E-state index in [9.17, 15) is 0 Å². The van der Waals surface area contributed by atoms with Gasteiger partial charge in [0, 0.05) is 17.0 Å². The van der Waals surface area contributed by atoms with Crippen molar-refractivity contribution >= 4 is 16.4 Å². The number of benzene rings is 1. The molecule has 2 heteroatoms. The molecule has 3 atom stereocenters. The minimum absolute atomic E-state index is 0.104. The summed E-state index contributed by atoms with van der Waals surface area (Å²) < 4.78 is 0. The molecule has 1 nitrogen and oxygen atoms in total. The number of nitrogens with one attached hydrogen (secondary N) is 1. The standard InChI is InChI=1S/C20H31NS/c1-6-7-18-12-16(2)13-20(3,14-18)21-15-17-8-10-19(11-9-17)22(4)5/h8-11,14,16,21H,4,6-7,12-13,15H2,1-3,5H3. The lowest BCUT2D eigenvalue weighted by atomic mass is 9.78. The summed E-state index contributed by atoms with van der Waals surface area (Å²) in [7, 11) is 0.104. The fraction of sp³-hybridized carbons (Fsp3) is 0.550. The summed E-state index contributed by atoms with van der Waals surface area (Å²) in [6.07, 6.45) is 9.68. The van der Waals surface area contributed by atoms with Crippen LogP contribution in [0.15, 0.2) is 40.8 Å². The first-order valence-corrected chi connectivity index (χ1v) is 10.2. The monoisotopic (exact) mass is 317 g/mol. The summed E-state index contributed by atoms with van der Waals surface area (Å²) in [4.78, 5) is 1.34. The average molecular weight is 318 g/mol. The van der Waals surface area contributed by atoms with Crippen LogP contribution in [-0.2, 0) is 6.54 Å². The van der Waals surface area contributed by atoms with Crippen LogP contribution in [0.5, 0.6) is 0 Å². The third kappa shape index (κ3) is 4.82. The van der Waals surface area contributed by atoms with E-state index in [2.05, 4.69) is 68.6 Å². The molecule has 0 aromatic heterocycles. The van der Waals surface area contributed by atoms with Gasteiger partial charge in [-0.15, -0.1) is 0 Å². The Labute approximate surface area is 139 Å². The van der Waals surface area contributed by atoms with Crippen LogP contribution in [0.3, 0.4) is 0 Å². The van der Waals surface area contributed by atoms with Crippen LogP contribution in [0, 0.1) is 5.92 Å². The highest BCUT2D eigenvalue weighted by molar-refractivity contribution is 8.13. The van der Waals surface area contributed by atoms with Crippen molar-refractivity contribution in [3.05, 3.63) is 41.5 Å². The Balaban J connectivity index is 2.02. The van der Waals surface area contributed by atoms with E-state index in [0.717, 1.165) is 12.5 Å². The van der Waals surface area contributed by atoms with Gasteiger partial charge in [0.2, 0.25) is 0 Å². The first-order chi connectivity index (χ1) is 10.4. The molecular weight excluding hydrogens is 286 g/mol. The second-order valence-corrected chi connectivity index (χ2v) is 8.86. The molecule has 0 spiro atoms. The van der Waals surface area contributed by atoms with Gasteiger partial charge >= 0.3 is 0 Å². The van der Waals surface area contributed by atoms with Gasteiger partial charge in [-0.2, -0.15) is 10.5 Å². The fourth-order valence-electron chi connectivity index (χ4n) is 3.57. The van der Waals surface area contributed by atoms with E-state index >= 15 is 0 Å². The van der Waals surface area contributed by atoms with Crippen LogP contribution in [0.4, 0.5) is 0 Å². The molecule has 0 heterocycles. The predicted octanol–water partition coefficient (Wildman–Crippen LogP) is 5.38. The maximum atomic E-state index is 4.11. The first-order valence-electron chi connectivity index (χ1n) is 8.42. The highest BCUT2D eigenvalue weighted by Gasteiger charge is 2.28. The van der Waals surface area contributed by atoms with Crippen molar-refractivity contribution in [1.82, 2.24) is 5.32 Å². The smallest absolute Gasteiger partial charge is 0.0343 e. The SMILES string of the molecule is C=S(C)c1ccc(CNC2(C)C=C(CCC)CC(C)C2)cc1. The molecule has 1 aromatic carbocycles. The largest absolute Gasteiger partial charge is 0.304 e. The van der Waals surface area contributed by atoms with E-state index in [4.69, 9.17) is 0 Å². The molecule has 3 unspecified atom stereocenters. The van der Waals surface area contributed by atoms with Crippen molar-refractivity contribution in [1.29, 1.82) is 0 Å². The van der Waals surface area contributed by atoms with Crippen LogP contribution >= 0.6 is 10.5 Å². The molecule has 0 amide bonds. The molecule has 1 aliphatic rings. The summed E-state index contributed by atoms with van der Waals surface area (Å²) in [6, 6.07) is 8.92. The normalized spacial score (nSPS) is 26.5. The lowest BCUT2D eigenvalue weighted by Crippen LogP contribution is -2.43. The van der Waals surface area contributed by atoms with Gasteiger partial charge in [-0.05, 0) is 56.1 Å². The number of allylic oxidation sites excluding steroid dienone is 1. The molecule has 1 aliphatic carbocycles. The van der Waals surface area contributed by atoms with Crippen LogP contribution < -0.4 is 5.32 Å². The maximum absolute atomic E-state index is 4.11. The van der Waals surface area contributed by atoms with Crippen LogP contribution in [0.2, 0.25) is 0 Å². The molecule has 22 heavy (non-hydrogen) atoms. The topological polar surface area (TPSA) is 12.0 Å². The zero-order valence-electron chi connectivity index (χ0n) is 14.6. The number of hydrogen-bond donors (Lipinski definition) is 1. The van der Waals surface area contributed by atoms with Crippen molar-refractivity contribution in [3.63, 3.8) is 0 Å². The molecule has 2 rings (SSSR count). The molecule has 0 radical (unpaired) electrons. The van der Waals surface area contributed by atoms with Crippen molar-refractivity contribution in [3.8, 4) is 0 Å². The number of rotatable bonds is 6. The van der Waals surface area contributed by atoms with Crippen molar-refractivity contribution in [2.45, 2.75) is 63.4 Å². The maximum Gasteiger partial charge on any atom is 0.0343 e. The van der Waals surface area contributed by atoms with Gasteiger partial charge < -0.3 is 5.32 Å². The molecule has 0 bridgehead atoms. The van der Waals surface area contributed by atoms with E-state index in [0.29, 0.717) is 0 Å². The lowest BCUT2D eigenvalue weighted by molar-refractivity contribution is 0.315. The summed E-state index contributed by atoms with van der Waals surface area (Å²) in [5.41, 5.74) is 3.14. The summed E-state index contributed by atoms with van der Waals surface area (Å²) in [5, 5.41) is 3.79.